The molecule has 0 fully saturated rings. The van der Waals surface area contributed by atoms with Gasteiger partial charge in [0.2, 0.25) is 0 Å². The van der Waals surface area contributed by atoms with E-state index in [1.54, 1.807) is 0 Å². The van der Waals surface area contributed by atoms with Crippen LogP contribution >= 0.6 is 0 Å². The maximum Gasteiger partial charge on any atom is 0.335 e. The van der Waals surface area contributed by atoms with Crippen molar-refractivity contribution in [1.29, 1.82) is 0 Å². The van der Waals surface area contributed by atoms with Crippen LogP contribution < -0.4 is 0 Å². The summed E-state index contributed by atoms with van der Waals surface area (Å²) in [5.74, 6) is -3.90. The van der Waals surface area contributed by atoms with Gasteiger partial charge in [-0.05, 0) is 12.1 Å². The van der Waals surface area contributed by atoms with Gasteiger partial charge in [-0.25, -0.2) is 18.0 Å². The lowest BCUT2D eigenvalue weighted by Crippen LogP contribution is -2.00. The van der Waals surface area contributed by atoms with Crippen molar-refractivity contribution in [3.63, 3.8) is 0 Å². The number of nitrogens with zero attached hydrogens (tertiary/aromatic N) is 2. The number of benzene rings is 1. The van der Waals surface area contributed by atoms with Crippen LogP contribution in [0.25, 0.3) is 22.0 Å². The molecule has 0 saturated carbocycles. The number of aromatic nitrogens is 2. The highest BCUT2D eigenvalue weighted by Crippen LogP contribution is 2.31. The summed E-state index contributed by atoms with van der Waals surface area (Å²) < 4.78 is 41.5. The molecule has 1 N–H and O–H groups in total. The number of hydrogen-bond donors (Lipinski definition) is 1. The summed E-state index contributed by atoms with van der Waals surface area (Å²) in [5.41, 5.74) is -0.810. The smallest absolute Gasteiger partial charge is 0.335 e. The molecule has 3 rings (SSSR count). The largest absolute Gasteiger partial charge is 0.478 e. The zero-order valence-corrected chi connectivity index (χ0v) is 10.8. The number of carbonyl (C=O) groups is 1. The quantitative estimate of drug-likeness (QED) is 0.788. The number of aromatic carboxylic acids is 1. The van der Waals surface area contributed by atoms with Gasteiger partial charge in [-0.1, -0.05) is 6.07 Å². The topological polar surface area (TPSA) is 63.1 Å². The number of carboxylic acid groups (broad SMARTS) is 1. The van der Waals surface area contributed by atoms with Gasteiger partial charge < -0.3 is 5.11 Å². The Morgan fingerprint density at radius 2 is 1.64 bits per heavy atom. The first-order valence-electron chi connectivity index (χ1n) is 6.10. The maximum atomic E-state index is 13.9. The summed E-state index contributed by atoms with van der Waals surface area (Å²) in [6.07, 6.45) is 2.43. The number of fused-ring (bicyclic) bond motifs is 1. The molecule has 22 heavy (non-hydrogen) atoms. The van der Waals surface area contributed by atoms with Gasteiger partial charge in [0.15, 0.2) is 11.6 Å². The number of halogens is 3. The zero-order chi connectivity index (χ0) is 15.9. The Morgan fingerprint density at radius 3 is 2.27 bits per heavy atom. The van der Waals surface area contributed by atoms with Crippen molar-refractivity contribution in [2.24, 2.45) is 0 Å². The summed E-state index contributed by atoms with van der Waals surface area (Å²) >= 11 is 0. The molecule has 4 nitrogen and oxygen atoms in total. The second-order valence-electron chi connectivity index (χ2n) is 4.50. The molecule has 0 aliphatic heterocycles. The molecule has 0 bridgehead atoms. The van der Waals surface area contributed by atoms with Gasteiger partial charge in [0.25, 0.3) is 0 Å². The van der Waals surface area contributed by atoms with Crippen molar-refractivity contribution in [2.45, 2.75) is 0 Å². The summed E-state index contributed by atoms with van der Waals surface area (Å²) in [7, 11) is 0. The minimum absolute atomic E-state index is 0.00361. The molecule has 1 aromatic carbocycles. The molecule has 0 aliphatic rings. The number of hydrogen-bond acceptors (Lipinski definition) is 3. The van der Waals surface area contributed by atoms with Crippen LogP contribution in [0.1, 0.15) is 10.4 Å². The first-order chi connectivity index (χ1) is 10.5. The van der Waals surface area contributed by atoms with E-state index in [-0.39, 0.29) is 22.0 Å². The average molecular weight is 304 g/mol. The van der Waals surface area contributed by atoms with Gasteiger partial charge in [0, 0.05) is 10.8 Å². The lowest BCUT2D eigenvalue weighted by molar-refractivity contribution is 0.0697. The standard InChI is InChI=1S/C15H7F3N2O2/c16-10-6-20-14(13-11(17)4-19-5-12(13)18)9-3-7(15(21)22)1-2-8(9)10/h1-6H,(H,21,22). The van der Waals surface area contributed by atoms with E-state index >= 15 is 0 Å². The Bertz CT molecular complexity index is 892. The Morgan fingerprint density at radius 1 is 0.955 bits per heavy atom. The Kier molecular flexibility index (Phi) is 3.25. The van der Waals surface area contributed by atoms with Crippen molar-refractivity contribution in [1.82, 2.24) is 9.97 Å². The molecule has 0 amide bonds. The molecule has 110 valence electrons. The summed E-state index contributed by atoms with van der Waals surface area (Å²) in [4.78, 5) is 18.1. The normalized spacial score (nSPS) is 10.9. The maximum absolute atomic E-state index is 13.9. The fourth-order valence-electron chi connectivity index (χ4n) is 2.18. The van der Waals surface area contributed by atoms with E-state index in [1.807, 2.05) is 0 Å². The highest BCUT2D eigenvalue weighted by atomic mass is 19.1. The van der Waals surface area contributed by atoms with Crippen LogP contribution in [0.15, 0.2) is 36.8 Å². The van der Waals surface area contributed by atoms with Gasteiger partial charge in [0.1, 0.15) is 5.82 Å². The molecule has 0 atom stereocenters. The fourth-order valence-corrected chi connectivity index (χ4v) is 2.18. The molecule has 0 aliphatic carbocycles. The van der Waals surface area contributed by atoms with Crippen LogP contribution in [0.4, 0.5) is 13.2 Å². The monoisotopic (exact) mass is 304 g/mol. The third-order valence-corrected chi connectivity index (χ3v) is 3.18. The molecule has 2 aromatic heterocycles. The number of rotatable bonds is 2. The van der Waals surface area contributed by atoms with E-state index in [0.717, 1.165) is 24.7 Å². The van der Waals surface area contributed by atoms with Crippen LogP contribution in [-0.4, -0.2) is 21.0 Å². The third kappa shape index (κ3) is 2.16. The van der Waals surface area contributed by atoms with Gasteiger partial charge in [0.05, 0.1) is 35.4 Å². The molecular weight excluding hydrogens is 297 g/mol. The molecule has 0 unspecified atom stereocenters. The van der Waals surface area contributed by atoms with E-state index in [9.17, 15) is 18.0 Å². The summed E-state index contributed by atoms with van der Waals surface area (Å²) in [6, 6.07) is 3.56. The van der Waals surface area contributed by atoms with Crippen LogP contribution in [0.5, 0.6) is 0 Å². The van der Waals surface area contributed by atoms with Gasteiger partial charge in [-0.3, -0.25) is 9.97 Å². The minimum atomic E-state index is -1.24. The van der Waals surface area contributed by atoms with E-state index in [0.29, 0.717) is 0 Å². The Labute approximate surface area is 121 Å². The van der Waals surface area contributed by atoms with Gasteiger partial charge >= 0.3 is 5.97 Å². The number of pyridine rings is 2. The lowest BCUT2D eigenvalue weighted by atomic mass is 10.0. The van der Waals surface area contributed by atoms with Crippen molar-refractivity contribution in [2.75, 3.05) is 0 Å². The molecular formula is C15H7F3N2O2. The highest BCUT2D eigenvalue weighted by Gasteiger charge is 2.18. The first kappa shape index (κ1) is 14.0. The Balaban J connectivity index is 2.41. The van der Waals surface area contributed by atoms with Crippen LogP contribution in [0.3, 0.4) is 0 Å². The lowest BCUT2D eigenvalue weighted by Gasteiger charge is -2.09. The Hall–Kier alpha value is -2.96. The molecule has 7 heteroatoms. The molecule has 0 radical (unpaired) electrons. The van der Waals surface area contributed by atoms with Gasteiger partial charge in [-0.15, -0.1) is 0 Å². The van der Waals surface area contributed by atoms with E-state index in [4.69, 9.17) is 5.11 Å². The van der Waals surface area contributed by atoms with Crippen LogP contribution in [0.2, 0.25) is 0 Å². The third-order valence-electron chi connectivity index (χ3n) is 3.18. The average Bonchev–Trinajstić information content (AvgIpc) is 2.49. The van der Waals surface area contributed by atoms with Gasteiger partial charge in [-0.2, -0.15) is 0 Å². The van der Waals surface area contributed by atoms with Crippen LogP contribution in [-0.2, 0) is 0 Å². The molecule has 0 spiro atoms. The molecule has 2 heterocycles. The molecule has 0 saturated heterocycles. The predicted molar refractivity (Wildman–Crippen MR) is 71.8 cm³/mol. The van der Waals surface area contributed by atoms with Crippen molar-refractivity contribution < 1.29 is 23.1 Å². The highest BCUT2D eigenvalue weighted by molar-refractivity contribution is 6.00. The zero-order valence-electron chi connectivity index (χ0n) is 10.8. The molecule has 3 aromatic rings. The minimum Gasteiger partial charge on any atom is -0.478 e. The summed E-state index contributed by atoms with van der Waals surface area (Å²) in [6.45, 7) is 0. The second-order valence-corrected chi connectivity index (χ2v) is 4.50. The van der Waals surface area contributed by atoms with Crippen molar-refractivity contribution in [3.8, 4) is 11.3 Å². The van der Waals surface area contributed by atoms with E-state index in [1.165, 1.54) is 12.1 Å². The first-order valence-corrected chi connectivity index (χ1v) is 6.10. The van der Waals surface area contributed by atoms with Crippen LogP contribution in [0, 0.1) is 17.5 Å². The second kappa shape index (κ2) is 5.10. The van der Waals surface area contributed by atoms with Crippen molar-refractivity contribution >= 4 is 16.7 Å². The predicted octanol–water partition coefficient (Wildman–Crippen LogP) is 3.41. The van der Waals surface area contributed by atoms with E-state index in [2.05, 4.69) is 9.97 Å². The fraction of sp³-hybridized carbons (Fsp3) is 0. The summed E-state index contributed by atoms with van der Waals surface area (Å²) in [5, 5.41) is 9.03. The van der Waals surface area contributed by atoms with E-state index < -0.39 is 29.0 Å². The SMILES string of the molecule is O=C(O)c1ccc2c(F)cnc(-c3c(F)cncc3F)c2c1. The van der Waals surface area contributed by atoms with Crippen molar-refractivity contribution in [3.05, 3.63) is 59.8 Å². The number of carboxylic acids is 1.